The van der Waals surface area contributed by atoms with E-state index in [1.54, 1.807) is 0 Å². The largest absolute Gasteiger partial charge is 0.309 e. The molecule has 0 radical (unpaired) electrons. The first-order chi connectivity index (χ1) is 40.9. The van der Waals surface area contributed by atoms with E-state index in [0.717, 1.165) is 33.8 Å². The Morgan fingerprint density at radius 1 is 0.274 bits per heavy atom. The molecule has 15 rings (SSSR count). The number of benzene rings is 12. The molecule has 84 heavy (non-hydrogen) atoms. The van der Waals surface area contributed by atoms with E-state index in [2.05, 4.69) is 332 Å². The van der Waals surface area contributed by atoms with Crippen molar-refractivity contribution >= 4 is 28.8 Å². The van der Waals surface area contributed by atoms with Crippen molar-refractivity contribution in [2.75, 3.05) is 4.90 Å². The lowest BCUT2D eigenvalue weighted by Gasteiger charge is -2.41. The first kappa shape index (κ1) is 51.7. The minimum atomic E-state index is -0.587. The third-order valence-corrected chi connectivity index (χ3v) is 19.5. The van der Waals surface area contributed by atoms with E-state index in [0.29, 0.717) is 0 Å². The van der Waals surface area contributed by atoms with Gasteiger partial charge in [0, 0.05) is 26.6 Å². The molecule has 0 fully saturated rings. The van der Waals surface area contributed by atoms with Crippen LogP contribution in [0.1, 0.15) is 97.2 Å². The molecule has 0 unspecified atom stereocenters. The Kier molecular flexibility index (Phi) is 12.1. The first-order valence-electron chi connectivity index (χ1n) is 29.6. The van der Waals surface area contributed by atoms with Crippen molar-refractivity contribution < 1.29 is 0 Å². The predicted molar refractivity (Wildman–Crippen MR) is 354 cm³/mol. The molecule has 0 amide bonds. The van der Waals surface area contributed by atoms with Crippen LogP contribution in [-0.4, -0.2) is 0 Å². The van der Waals surface area contributed by atoms with E-state index in [-0.39, 0.29) is 10.8 Å². The number of fused-ring (bicyclic) bond motifs is 12. The average molecular weight is 1100 g/mol. The van der Waals surface area contributed by atoms with Gasteiger partial charge in [0.25, 0.3) is 0 Å². The van der Waals surface area contributed by atoms with Crippen LogP contribution >= 0.6 is 11.8 Å². The summed E-state index contributed by atoms with van der Waals surface area (Å²) < 4.78 is 0. The van der Waals surface area contributed by atoms with Gasteiger partial charge >= 0.3 is 0 Å². The molecule has 0 bridgehead atoms. The zero-order chi connectivity index (χ0) is 57.0. The molecular weight excluding hydrogens is 1030 g/mol. The van der Waals surface area contributed by atoms with Crippen molar-refractivity contribution in [2.45, 2.75) is 73.0 Å². The molecule has 0 aromatic heterocycles. The van der Waals surface area contributed by atoms with Gasteiger partial charge in [-0.1, -0.05) is 296 Å². The Balaban J connectivity index is 0.994. The van der Waals surface area contributed by atoms with E-state index < -0.39 is 10.8 Å². The quantitative estimate of drug-likeness (QED) is 0.149. The van der Waals surface area contributed by atoms with Crippen molar-refractivity contribution in [2.24, 2.45) is 0 Å². The molecule has 1 spiro atoms. The number of rotatable bonds is 8. The number of hydrogen-bond acceptors (Lipinski definition) is 2. The fourth-order valence-corrected chi connectivity index (χ4v) is 15.5. The maximum atomic E-state index is 2.58. The van der Waals surface area contributed by atoms with Gasteiger partial charge < -0.3 is 4.90 Å². The highest BCUT2D eigenvalue weighted by molar-refractivity contribution is 7.99. The molecule has 12 aromatic carbocycles. The van der Waals surface area contributed by atoms with Crippen LogP contribution in [0.3, 0.4) is 0 Å². The van der Waals surface area contributed by atoms with Crippen LogP contribution in [-0.2, 0) is 21.7 Å². The summed E-state index contributed by atoms with van der Waals surface area (Å²) >= 11 is 1.93. The van der Waals surface area contributed by atoms with Crippen molar-refractivity contribution in [3.8, 4) is 55.6 Å². The molecule has 0 N–H and O–H groups in total. The van der Waals surface area contributed by atoms with Gasteiger partial charge in [-0.25, -0.2) is 0 Å². The maximum absolute atomic E-state index is 2.58. The second kappa shape index (κ2) is 19.7. The monoisotopic (exact) mass is 1100 g/mol. The summed E-state index contributed by atoms with van der Waals surface area (Å²) in [6.07, 6.45) is 0. The van der Waals surface area contributed by atoms with Gasteiger partial charge in [-0.15, -0.1) is 0 Å². The van der Waals surface area contributed by atoms with Gasteiger partial charge in [0.1, 0.15) is 0 Å². The van der Waals surface area contributed by atoms with E-state index in [9.17, 15) is 0 Å². The topological polar surface area (TPSA) is 3.24 Å². The summed E-state index contributed by atoms with van der Waals surface area (Å²) in [5, 5.41) is 0. The summed E-state index contributed by atoms with van der Waals surface area (Å²) in [5.41, 5.74) is 27.2. The van der Waals surface area contributed by atoms with Crippen molar-refractivity contribution in [1.29, 1.82) is 0 Å². The van der Waals surface area contributed by atoms with Gasteiger partial charge in [-0.3, -0.25) is 0 Å². The number of hydrogen-bond donors (Lipinski definition) is 0. The normalized spacial score (nSPS) is 14.0. The van der Waals surface area contributed by atoms with Crippen LogP contribution in [0.4, 0.5) is 17.1 Å². The summed E-state index contributed by atoms with van der Waals surface area (Å²) in [5.74, 6) is 0. The van der Waals surface area contributed by atoms with Crippen LogP contribution < -0.4 is 4.90 Å². The van der Waals surface area contributed by atoms with Crippen molar-refractivity contribution in [1.82, 2.24) is 0 Å². The van der Waals surface area contributed by atoms with Crippen LogP contribution in [0.5, 0.6) is 0 Å². The SMILES string of the molecule is CC(C)(C)c1ccc2c(c1)C1(c3cc(C(C)(C)C)ccc3S2)c2ccccc2-c2ccc(-c3ccccc3N(c3ccc4c(c3)C(c3ccccc3)(c3ccccc3)c3ccccc3-4)c3ccccc3-c3ccc(-c4ccccc4)cc3)cc21. The molecule has 2 heteroatoms. The van der Waals surface area contributed by atoms with Gasteiger partial charge in [0.05, 0.1) is 22.2 Å². The van der Waals surface area contributed by atoms with Crippen LogP contribution in [0.15, 0.2) is 295 Å². The highest BCUT2D eigenvalue weighted by Crippen LogP contribution is 2.64. The molecule has 0 saturated carbocycles. The standard InChI is InChI=1S/C82H65NS/c1-79(2,3)60-43-48-77-73(51-60)82(74-52-61(80(4,5)6)44-49-78(74)84-77)70-35-21-17-33-66(70)67-46-42-57(50-71(67)82)64-31-19-23-37-76(64)83(75-36-22-18-30-63(75)56-40-38-55(39-41-56)54-24-10-7-11-25-54)62-45-47-68-65-32-16-20-34-69(65)81(72(68)53-62,58-26-12-8-13-27-58)59-28-14-9-15-29-59/h7-53H,1-6H3. The van der Waals surface area contributed by atoms with Gasteiger partial charge in [-0.2, -0.15) is 0 Å². The van der Waals surface area contributed by atoms with Crippen molar-refractivity contribution in [3.05, 3.63) is 341 Å². The van der Waals surface area contributed by atoms with E-state index >= 15 is 0 Å². The molecule has 3 aliphatic rings. The number of nitrogens with zero attached hydrogens (tertiary/aromatic N) is 1. The molecule has 0 atom stereocenters. The zero-order valence-corrected chi connectivity index (χ0v) is 49.3. The lowest BCUT2D eigenvalue weighted by Crippen LogP contribution is -2.33. The minimum absolute atomic E-state index is 0.0535. The predicted octanol–water partition coefficient (Wildman–Crippen LogP) is 21.9. The van der Waals surface area contributed by atoms with Crippen LogP contribution in [0.25, 0.3) is 55.6 Å². The van der Waals surface area contributed by atoms with Crippen molar-refractivity contribution in [3.63, 3.8) is 0 Å². The second-order valence-corrected chi connectivity index (χ2v) is 26.2. The van der Waals surface area contributed by atoms with E-state index in [1.807, 2.05) is 11.8 Å². The van der Waals surface area contributed by atoms with Crippen LogP contribution in [0, 0.1) is 0 Å². The third kappa shape index (κ3) is 7.98. The highest BCUT2D eigenvalue weighted by atomic mass is 32.2. The molecular formula is C82H65NS. The summed E-state index contributed by atoms with van der Waals surface area (Å²) in [7, 11) is 0. The number of anilines is 3. The maximum Gasteiger partial charge on any atom is 0.0735 e. The Hall–Kier alpha value is -9.21. The lowest BCUT2D eigenvalue weighted by atomic mass is 9.65. The minimum Gasteiger partial charge on any atom is -0.309 e. The molecule has 1 heterocycles. The van der Waals surface area contributed by atoms with Gasteiger partial charge in [0.15, 0.2) is 0 Å². The van der Waals surface area contributed by atoms with Gasteiger partial charge in [-0.05, 0) is 153 Å². The van der Waals surface area contributed by atoms with E-state index in [4.69, 9.17) is 0 Å². The first-order valence-corrected chi connectivity index (χ1v) is 30.5. The fraction of sp³-hybridized carbons (Fsp3) is 0.122. The smallest absolute Gasteiger partial charge is 0.0735 e. The molecule has 1 aliphatic heterocycles. The lowest BCUT2D eigenvalue weighted by molar-refractivity contribution is 0.581. The Morgan fingerprint density at radius 3 is 1.20 bits per heavy atom. The van der Waals surface area contributed by atoms with Gasteiger partial charge in [0.2, 0.25) is 0 Å². The summed E-state index contributed by atoms with van der Waals surface area (Å²) in [6, 6.07) is 108. The summed E-state index contributed by atoms with van der Waals surface area (Å²) in [4.78, 5) is 5.19. The molecule has 12 aromatic rings. The number of para-hydroxylation sites is 2. The Morgan fingerprint density at radius 2 is 0.667 bits per heavy atom. The Labute approximate surface area is 500 Å². The highest BCUT2D eigenvalue weighted by Gasteiger charge is 2.51. The molecule has 0 saturated heterocycles. The fourth-order valence-electron chi connectivity index (χ4n) is 14.3. The molecule has 404 valence electrons. The molecule has 2 aliphatic carbocycles. The summed E-state index contributed by atoms with van der Waals surface area (Å²) in [6.45, 7) is 14.1. The van der Waals surface area contributed by atoms with E-state index in [1.165, 1.54) is 104 Å². The third-order valence-electron chi connectivity index (χ3n) is 18.4. The Bertz CT molecular complexity index is 4420. The second-order valence-electron chi connectivity index (χ2n) is 25.2. The zero-order valence-electron chi connectivity index (χ0n) is 48.5. The molecule has 1 nitrogen and oxygen atoms in total. The van der Waals surface area contributed by atoms with Crippen LogP contribution in [0.2, 0.25) is 0 Å². The average Bonchev–Trinajstić information content (AvgIpc) is 1.55.